The molecule has 1 fully saturated rings. The number of aliphatic hydroxyl groups is 1. The summed E-state index contributed by atoms with van der Waals surface area (Å²) < 4.78 is 10.5. The van der Waals surface area contributed by atoms with Crippen LogP contribution in [0.4, 0.5) is 4.79 Å². The van der Waals surface area contributed by atoms with E-state index < -0.39 is 6.16 Å². The van der Waals surface area contributed by atoms with Crippen LogP contribution in [0.5, 0.6) is 10.8 Å². The molecule has 1 aromatic carbocycles. The number of carbonyl (C=O) groups excluding carboxylic acids is 1. The second-order valence-electron chi connectivity index (χ2n) is 7.12. The first kappa shape index (κ1) is 21.6. The Labute approximate surface area is 178 Å². The van der Waals surface area contributed by atoms with Crippen LogP contribution >= 0.6 is 22.9 Å². The molecular weight excluding hydrogens is 416 g/mol. The number of ether oxygens (including phenoxy) is 2. The van der Waals surface area contributed by atoms with Crippen LogP contribution in [-0.4, -0.2) is 28.8 Å². The van der Waals surface area contributed by atoms with Crippen molar-refractivity contribution in [2.24, 2.45) is 11.8 Å². The minimum atomic E-state index is -1.31. The van der Waals surface area contributed by atoms with Crippen LogP contribution in [0.15, 0.2) is 30.3 Å². The Morgan fingerprint density at radius 3 is 2.86 bits per heavy atom. The lowest BCUT2D eigenvalue weighted by Gasteiger charge is -2.19. The topological polar surface area (TPSA) is 93.1 Å². The monoisotopic (exact) mass is 438 g/mol. The fourth-order valence-corrected chi connectivity index (χ4v) is 4.84. The van der Waals surface area contributed by atoms with Crippen LogP contribution in [0.25, 0.3) is 0 Å². The molecule has 0 aliphatic heterocycles. The molecule has 156 valence electrons. The summed E-state index contributed by atoms with van der Waals surface area (Å²) in [6, 6.07) is 8.63. The highest BCUT2D eigenvalue weighted by atomic mass is 35.5. The van der Waals surface area contributed by atoms with E-state index in [1.54, 1.807) is 24.3 Å². The van der Waals surface area contributed by atoms with Crippen molar-refractivity contribution in [2.45, 2.75) is 38.7 Å². The van der Waals surface area contributed by atoms with E-state index in [0.717, 1.165) is 30.6 Å². The molecular formula is C21H23ClO6S. The maximum Gasteiger partial charge on any atom is 0.512 e. The van der Waals surface area contributed by atoms with Crippen LogP contribution in [0.1, 0.15) is 36.1 Å². The Balaban J connectivity index is 1.50. The van der Waals surface area contributed by atoms with E-state index in [2.05, 4.69) is 4.74 Å². The Morgan fingerprint density at radius 2 is 2.10 bits per heavy atom. The molecule has 2 atom stereocenters. The quantitative estimate of drug-likeness (QED) is 0.538. The van der Waals surface area contributed by atoms with Gasteiger partial charge in [0.05, 0.1) is 19.1 Å². The molecule has 29 heavy (non-hydrogen) atoms. The number of carbonyl (C=O) groups is 2. The molecule has 1 heterocycles. The number of aryl methyl sites for hydroxylation is 1. The molecule has 0 spiro atoms. The fourth-order valence-electron chi connectivity index (χ4n) is 3.71. The lowest BCUT2D eigenvalue weighted by molar-refractivity contribution is -0.122. The number of carboxylic acid groups (broad SMARTS) is 1. The van der Waals surface area contributed by atoms with Crippen LogP contribution in [0.3, 0.4) is 0 Å². The first-order valence-electron chi connectivity index (χ1n) is 9.50. The molecule has 0 unspecified atom stereocenters. The number of Topliss-reactive ketones (excluding diaryl/α,β-unsaturated/α-hetero) is 1. The van der Waals surface area contributed by atoms with E-state index in [-0.39, 0.29) is 24.2 Å². The lowest BCUT2D eigenvalue weighted by Crippen LogP contribution is -2.23. The average Bonchev–Trinajstić information content (AvgIpc) is 3.25. The van der Waals surface area contributed by atoms with Crippen LogP contribution in [0.2, 0.25) is 5.02 Å². The smallest absolute Gasteiger partial charge is 0.493 e. The zero-order valence-electron chi connectivity index (χ0n) is 15.8. The minimum Gasteiger partial charge on any atom is -0.493 e. The molecule has 0 bridgehead atoms. The van der Waals surface area contributed by atoms with Crippen molar-refractivity contribution in [3.05, 3.63) is 45.8 Å². The lowest BCUT2D eigenvalue weighted by atomic mass is 9.91. The molecule has 2 N–H and O–H groups in total. The van der Waals surface area contributed by atoms with Crippen molar-refractivity contribution in [2.75, 3.05) is 6.61 Å². The highest BCUT2D eigenvalue weighted by molar-refractivity contribution is 7.13. The SMILES string of the molecule is O=C(O)Oc1ccc(CCC[C@H]2CCC(=O)[C@@H]2COc2cc(Cl)cc(CO)c2)s1. The normalized spacial score (nSPS) is 18.8. The summed E-state index contributed by atoms with van der Waals surface area (Å²) in [7, 11) is 0. The molecule has 1 aromatic heterocycles. The van der Waals surface area contributed by atoms with Crippen molar-refractivity contribution >= 4 is 34.9 Å². The van der Waals surface area contributed by atoms with Crippen molar-refractivity contribution < 1.29 is 29.3 Å². The zero-order valence-corrected chi connectivity index (χ0v) is 17.4. The number of halogens is 1. The molecule has 0 amide bonds. The van der Waals surface area contributed by atoms with Gasteiger partial charge in [-0.15, -0.1) is 11.3 Å². The van der Waals surface area contributed by atoms with E-state index in [1.165, 1.54) is 11.3 Å². The number of ketones is 1. The Hall–Kier alpha value is -2.09. The molecule has 2 aromatic rings. The van der Waals surface area contributed by atoms with Gasteiger partial charge in [0.1, 0.15) is 11.5 Å². The molecule has 8 heteroatoms. The van der Waals surface area contributed by atoms with Gasteiger partial charge < -0.3 is 19.7 Å². The summed E-state index contributed by atoms with van der Waals surface area (Å²) in [5.74, 6) is 0.923. The van der Waals surface area contributed by atoms with E-state index in [4.69, 9.17) is 21.4 Å². The zero-order chi connectivity index (χ0) is 20.8. The third-order valence-electron chi connectivity index (χ3n) is 5.11. The predicted molar refractivity (Wildman–Crippen MR) is 110 cm³/mol. The maximum absolute atomic E-state index is 12.3. The van der Waals surface area contributed by atoms with Crippen LogP contribution in [0, 0.1) is 11.8 Å². The van der Waals surface area contributed by atoms with E-state index in [0.29, 0.717) is 34.4 Å². The summed E-state index contributed by atoms with van der Waals surface area (Å²) in [6.45, 7) is 0.189. The van der Waals surface area contributed by atoms with Gasteiger partial charge >= 0.3 is 6.16 Å². The second kappa shape index (κ2) is 10.1. The number of benzene rings is 1. The highest BCUT2D eigenvalue weighted by Gasteiger charge is 2.34. The molecule has 0 saturated heterocycles. The van der Waals surface area contributed by atoms with E-state index >= 15 is 0 Å². The van der Waals surface area contributed by atoms with Gasteiger partial charge in [0.15, 0.2) is 5.06 Å². The Kier molecular flexibility index (Phi) is 7.52. The highest BCUT2D eigenvalue weighted by Crippen LogP contribution is 2.34. The van der Waals surface area contributed by atoms with Crippen LogP contribution in [-0.2, 0) is 17.8 Å². The third kappa shape index (κ3) is 6.19. The molecule has 0 radical (unpaired) electrons. The second-order valence-corrected chi connectivity index (χ2v) is 8.68. The van der Waals surface area contributed by atoms with Gasteiger partial charge in [-0.1, -0.05) is 11.6 Å². The maximum atomic E-state index is 12.3. The fraction of sp³-hybridized carbons (Fsp3) is 0.429. The van der Waals surface area contributed by atoms with E-state index in [1.807, 2.05) is 6.07 Å². The third-order valence-corrected chi connectivity index (χ3v) is 6.35. The number of rotatable bonds is 9. The Bertz CT molecular complexity index is 865. The van der Waals surface area contributed by atoms with Crippen LogP contribution < -0.4 is 9.47 Å². The molecule has 3 rings (SSSR count). The number of thiophene rings is 1. The standard InChI is InChI=1S/C21H23ClO6S/c22-15-8-13(11-23)9-16(10-15)27-12-18-14(4-6-19(18)24)2-1-3-17-5-7-20(29-17)28-21(25)26/h5,7-10,14,18,23H,1-4,6,11-12H2,(H,25,26)/t14-,18+/m0/s1. The molecule has 1 aliphatic rings. The Morgan fingerprint density at radius 1 is 1.28 bits per heavy atom. The van der Waals surface area contributed by atoms with Gasteiger partial charge in [-0.05, 0) is 67.5 Å². The largest absolute Gasteiger partial charge is 0.512 e. The average molecular weight is 439 g/mol. The van der Waals surface area contributed by atoms with Gasteiger partial charge in [-0.25, -0.2) is 4.79 Å². The summed E-state index contributed by atoms with van der Waals surface area (Å²) in [5, 5.41) is 18.8. The van der Waals surface area contributed by atoms with Gasteiger partial charge in [-0.2, -0.15) is 0 Å². The summed E-state index contributed by atoms with van der Waals surface area (Å²) in [6.07, 6.45) is 2.77. The van der Waals surface area contributed by atoms with E-state index in [9.17, 15) is 14.7 Å². The molecule has 1 aliphatic carbocycles. The number of hydrogen-bond donors (Lipinski definition) is 2. The van der Waals surface area contributed by atoms with Gasteiger partial charge in [0, 0.05) is 16.3 Å². The summed E-state index contributed by atoms with van der Waals surface area (Å²) in [5.41, 5.74) is 0.670. The van der Waals surface area contributed by atoms with Crippen molar-refractivity contribution in [3.63, 3.8) is 0 Å². The van der Waals surface area contributed by atoms with Gasteiger partial charge in [-0.3, -0.25) is 4.79 Å². The summed E-state index contributed by atoms with van der Waals surface area (Å²) in [4.78, 5) is 24.0. The van der Waals surface area contributed by atoms with Crippen molar-refractivity contribution in [1.29, 1.82) is 0 Å². The first-order valence-corrected chi connectivity index (χ1v) is 10.7. The first-order chi connectivity index (χ1) is 13.9. The number of hydrogen-bond acceptors (Lipinski definition) is 6. The number of aliphatic hydroxyl groups excluding tert-OH is 1. The van der Waals surface area contributed by atoms with Gasteiger partial charge in [0.25, 0.3) is 0 Å². The van der Waals surface area contributed by atoms with Crippen molar-refractivity contribution in [3.8, 4) is 10.8 Å². The van der Waals surface area contributed by atoms with Crippen molar-refractivity contribution in [1.82, 2.24) is 0 Å². The molecule has 1 saturated carbocycles. The molecule has 6 nitrogen and oxygen atoms in total. The minimum absolute atomic E-state index is 0.121. The summed E-state index contributed by atoms with van der Waals surface area (Å²) >= 11 is 7.37. The predicted octanol–water partition coefficient (Wildman–Crippen LogP) is 4.95. The van der Waals surface area contributed by atoms with Gasteiger partial charge in [0.2, 0.25) is 0 Å².